The molecule has 0 radical (unpaired) electrons. The van der Waals surface area contributed by atoms with Gasteiger partial charge in [0.05, 0.1) is 0 Å². The van der Waals surface area contributed by atoms with E-state index in [0.717, 1.165) is 58.4 Å². The molecule has 24 heavy (non-hydrogen) atoms. The highest BCUT2D eigenvalue weighted by Gasteiger charge is 2.35. The van der Waals surface area contributed by atoms with Crippen molar-refractivity contribution in [2.75, 3.05) is 32.7 Å². The van der Waals surface area contributed by atoms with Gasteiger partial charge in [-0.05, 0) is 51.6 Å². The lowest BCUT2D eigenvalue weighted by atomic mass is 10.0. The predicted octanol–water partition coefficient (Wildman–Crippen LogP) is 1.56. The van der Waals surface area contributed by atoms with Gasteiger partial charge in [-0.15, -0.1) is 0 Å². The van der Waals surface area contributed by atoms with Crippen LogP contribution in [0.5, 0.6) is 0 Å². The number of nitrogens with one attached hydrogen (secondary N) is 2. The molecule has 0 spiro atoms. The van der Waals surface area contributed by atoms with Crippen LogP contribution in [0, 0.1) is 5.92 Å². The van der Waals surface area contributed by atoms with Crippen molar-refractivity contribution in [3.05, 3.63) is 0 Å². The summed E-state index contributed by atoms with van der Waals surface area (Å²) in [5.41, 5.74) is 0. The van der Waals surface area contributed by atoms with Crippen molar-refractivity contribution < 1.29 is 9.59 Å². The first-order valence-corrected chi connectivity index (χ1v) is 9.74. The minimum absolute atomic E-state index is 0.0522. The van der Waals surface area contributed by atoms with Crippen LogP contribution in [0.2, 0.25) is 0 Å². The van der Waals surface area contributed by atoms with Crippen LogP contribution in [-0.2, 0) is 4.79 Å². The largest absolute Gasteiger partial charge is 0.342 e. The number of carbonyl (C=O) groups excluding carboxylic acids is 2. The zero-order valence-corrected chi connectivity index (χ0v) is 14.9. The van der Waals surface area contributed by atoms with E-state index < -0.39 is 0 Å². The summed E-state index contributed by atoms with van der Waals surface area (Å²) in [6, 6.07) is 0.623. The average Bonchev–Trinajstić information content (AvgIpc) is 3.45. The standard InChI is InChI=1S/C18H32N4O2/c1-2-21-10-4-3-5-16(21)13-19-18(24)20-15-8-11-22(12-9-15)17(23)14-6-7-14/h14-16H,2-13H2,1H3,(H2,19,20,24). The van der Waals surface area contributed by atoms with Crippen molar-refractivity contribution in [3.8, 4) is 0 Å². The van der Waals surface area contributed by atoms with E-state index in [1.165, 1.54) is 19.3 Å². The summed E-state index contributed by atoms with van der Waals surface area (Å²) < 4.78 is 0. The number of likely N-dealkylation sites (tertiary alicyclic amines) is 2. The first-order valence-electron chi connectivity index (χ1n) is 9.74. The maximum atomic E-state index is 12.2. The van der Waals surface area contributed by atoms with Gasteiger partial charge in [0.15, 0.2) is 0 Å². The molecule has 3 amide bonds. The van der Waals surface area contributed by atoms with Gasteiger partial charge in [-0.1, -0.05) is 13.3 Å². The second kappa shape index (κ2) is 8.19. The number of nitrogens with zero attached hydrogens (tertiary/aromatic N) is 2. The van der Waals surface area contributed by atoms with E-state index >= 15 is 0 Å². The molecule has 6 heteroatoms. The molecule has 3 rings (SSSR count). The lowest BCUT2D eigenvalue weighted by molar-refractivity contribution is -0.133. The molecule has 6 nitrogen and oxygen atoms in total. The Kier molecular flexibility index (Phi) is 5.98. The number of carbonyl (C=O) groups is 2. The molecule has 1 saturated carbocycles. The van der Waals surface area contributed by atoms with Crippen molar-refractivity contribution in [1.29, 1.82) is 0 Å². The third-order valence-corrected chi connectivity index (χ3v) is 5.72. The van der Waals surface area contributed by atoms with Crippen LogP contribution < -0.4 is 10.6 Å². The molecule has 0 aromatic rings. The second-order valence-electron chi connectivity index (χ2n) is 7.51. The molecule has 2 aliphatic heterocycles. The zero-order chi connectivity index (χ0) is 16.9. The third kappa shape index (κ3) is 4.62. The molecule has 136 valence electrons. The van der Waals surface area contributed by atoms with Crippen LogP contribution in [-0.4, -0.2) is 66.5 Å². The maximum absolute atomic E-state index is 12.2. The first kappa shape index (κ1) is 17.5. The van der Waals surface area contributed by atoms with Gasteiger partial charge in [-0.25, -0.2) is 4.79 Å². The Labute approximate surface area is 145 Å². The minimum Gasteiger partial charge on any atom is -0.342 e. The molecular formula is C18H32N4O2. The second-order valence-corrected chi connectivity index (χ2v) is 7.51. The molecule has 1 aliphatic carbocycles. The maximum Gasteiger partial charge on any atom is 0.315 e. The topological polar surface area (TPSA) is 64.7 Å². The van der Waals surface area contributed by atoms with Crippen molar-refractivity contribution >= 4 is 11.9 Å². The summed E-state index contributed by atoms with van der Waals surface area (Å²) in [5.74, 6) is 0.629. The van der Waals surface area contributed by atoms with Crippen LogP contribution in [0.15, 0.2) is 0 Å². The van der Waals surface area contributed by atoms with Crippen LogP contribution in [0.25, 0.3) is 0 Å². The highest BCUT2D eigenvalue weighted by atomic mass is 16.2. The van der Waals surface area contributed by atoms with E-state index in [9.17, 15) is 9.59 Å². The van der Waals surface area contributed by atoms with Gasteiger partial charge >= 0.3 is 6.03 Å². The molecule has 1 atom stereocenters. The summed E-state index contributed by atoms with van der Waals surface area (Å²) in [6.07, 6.45) is 7.58. The van der Waals surface area contributed by atoms with E-state index in [0.29, 0.717) is 17.9 Å². The fourth-order valence-corrected chi connectivity index (χ4v) is 3.99. The number of hydrogen-bond acceptors (Lipinski definition) is 3. The molecule has 1 unspecified atom stereocenters. The van der Waals surface area contributed by atoms with E-state index in [4.69, 9.17) is 0 Å². The number of rotatable bonds is 5. The predicted molar refractivity (Wildman–Crippen MR) is 93.7 cm³/mol. The summed E-state index contributed by atoms with van der Waals surface area (Å²) in [5, 5.41) is 6.14. The molecule has 0 bridgehead atoms. The van der Waals surface area contributed by atoms with E-state index in [2.05, 4.69) is 22.5 Å². The van der Waals surface area contributed by atoms with Crippen LogP contribution >= 0.6 is 0 Å². The Morgan fingerprint density at radius 2 is 1.75 bits per heavy atom. The van der Waals surface area contributed by atoms with Crippen molar-refractivity contribution in [2.24, 2.45) is 5.92 Å². The quantitative estimate of drug-likeness (QED) is 0.801. The first-order chi connectivity index (χ1) is 11.7. The summed E-state index contributed by atoms with van der Waals surface area (Å²) >= 11 is 0. The normalized spacial score (nSPS) is 26.2. The number of hydrogen-bond donors (Lipinski definition) is 2. The molecule has 2 N–H and O–H groups in total. The van der Waals surface area contributed by atoms with Crippen molar-refractivity contribution in [2.45, 2.75) is 64.0 Å². The Morgan fingerprint density at radius 3 is 2.42 bits per heavy atom. The average molecular weight is 336 g/mol. The molecular weight excluding hydrogens is 304 g/mol. The van der Waals surface area contributed by atoms with Crippen LogP contribution in [0.4, 0.5) is 4.79 Å². The summed E-state index contributed by atoms with van der Waals surface area (Å²) in [7, 11) is 0. The Hall–Kier alpha value is -1.30. The molecule has 3 aliphatic rings. The van der Waals surface area contributed by atoms with Gasteiger partial charge in [0.25, 0.3) is 0 Å². The van der Waals surface area contributed by atoms with Crippen LogP contribution in [0.1, 0.15) is 51.9 Å². The SMILES string of the molecule is CCN1CCCCC1CNC(=O)NC1CCN(C(=O)C2CC2)CC1. The third-order valence-electron chi connectivity index (χ3n) is 5.72. The summed E-state index contributed by atoms with van der Waals surface area (Å²) in [4.78, 5) is 28.7. The smallest absolute Gasteiger partial charge is 0.315 e. The number of likely N-dealkylation sites (N-methyl/N-ethyl adjacent to an activating group) is 1. The summed E-state index contributed by atoms with van der Waals surface area (Å²) in [6.45, 7) is 6.70. The molecule has 2 heterocycles. The van der Waals surface area contributed by atoms with Crippen molar-refractivity contribution in [1.82, 2.24) is 20.4 Å². The van der Waals surface area contributed by atoms with E-state index in [-0.39, 0.29) is 12.1 Å². The van der Waals surface area contributed by atoms with Gasteiger partial charge in [0.2, 0.25) is 5.91 Å². The molecule has 2 saturated heterocycles. The highest BCUT2D eigenvalue weighted by Crippen LogP contribution is 2.31. The lowest BCUT2D eigenvalue weighted by Crippen LogP contribution is -2.52. The van der Waals surface area contributed by atoms with Gasteiger partial charge in [0.1, 0.15) is 0 Å². The van der Waals surface area contributed by atoms with Crippen LogP contribution in [0.3, 0.4) is 0 Å². The van der Waals surface area contributed by atoms with Gasteiger partial charge < -0.3 is 15.5 Å². The fourth-order valence-electron chi connectivity index (χ4n) is 3.99. The van der Waals surface area contributed by atoms with E-state index in [1.807, 2.05) is 4.90 Å². The number of urea groups is 1. The van der Waals surface area contributed by atoms with E-state index in [1.54, 1.807) is 0 Å². The van der Waals surface area contributed by atoms with Gasteiger partial charge in [-0.3, -0.25) is 9.69 Å². The Bertz CT molecular complexity index is 444. The molecule has 3 fully saturated rings. The van der Waals surface area contributed by atoms with Crippen molar-refractivity contribution in [3.63, 3.8) is 0 Å². The molecule has 0 aromatic heterocycles. The van der Waals surface area contributed by atoms with Gasteiger partial charge in [0, 0.05) is 37.6 Å². The van der Waals surface area contributed by atoms with Gasteiger partial charge in [-0.2, -0.15) is 0 Å². The monoisotopic (exact) mass is 336 g/mol. The highest BCUT2D eigenvalue weighted by molar-refractivity contribution is 5.81. The number of amides is 3. The Morgan fingerprint density at radius 1 is 1.00 bits per heavy atom. The zero-order valence-electron chi connectivity index (χ0n) is 14.9. The fraction of sp³-hybridized carbons (Fsp3) is 0.889. The minimum atomic E-state index is -0.0522. The molecule has 0 aromatic carbocycles. The number of piperidine rings is 2. The lowest BCUT2D eigenvalue weighted by Gasteiger charge is -2.35. The Balaban J connectivity index is 1.34.